The summed E-state index contributed by atoms with van der Waals surface area (Å²) in [7, 11) is 0. The molecule has 0 radical (unpaired) electrons. The van der Waals surface area contributed by atoms with Crippen LogP contribution in [0.4, 0.5) is 0 Å². The Morgan fingerprint density at radius 3 is 2.60 bits per heavy atom. The maximum atomic E-state index is 6.18. The Kier molecular flexibility index (Phi) is 2.83. The number of benzene rings is 1. The first kappa shape index (κ1) is 10.7. The van der Waals surface area contributed by atoms with Crippen molar-refractivity contribution in [2.75, 3.05) is 0 Å². The van der Waals surface area contributed by atoms with E-state index in [9.17, 15) is 0 Å². The fraction of sp³-hybridized carbons (Fsp3) is 0.571. The second-order valence-electron chi connectivity index (χ2n) is 5.13. The van der Waals surface area contributed by atoms with E-state index in [1.165, 1.54) is 23.1 Å². The summed E-state index contributed by atoms with van der Waals surface area (Å²) >= 11 is 0. The van der Waals surface area contributed by atoms with Gasteiger partial charge in [-0.1, -0.05) is 39.0 Å². The minimum atomic E-state index is 0.259. The van der Waals surface area contributed by atoms with Gasteiger partial charge in [-0.15, -0.1) is 0 Å². The maximum absolute atomic E-state index is 6.18. The number of hydrogen-bond donors (Lipinski definition) is 1. The van der Waals surface area contributed by atoms with E-state index in [1.807, 2.05) is 0 Å². The van der Waals surface area contributed by atoms with Crippen molar-refractivity contribution in [2.45, 2.75) is 51.5 Å². The molecule has 0 saturated carbocycles. The molecule has 0 amide bonds. The molecule has 0 bridgehead atoms. The van der Waals surface area contributed by atoms with E-state index in [2.05, 4.69) is 39.0 Å². The Labute approximate surface area is 92.7 Å². The first-order valence-electron chi connectivity index (χ1n) is 5.99. The molecule has 0 saturated heterocycles. The minimum absolute atomic E-state index is 0.259. The van der Waals surface area contributed by atoms with Crippen molar-refractivity contribution in [3.63, 3.8) is 0 Å². The number of fused-ring (bicyclic) bond motifs is 1. The predicted octanol–water partition coefficient (Wildman–Crippen LogP) is 3.71. The highest BCUT2D eigenvalue weighted by atomic mass is 14.6. The first-order chi connectivity index (χ1) is 7.09. The molecule has 15 heavy (non-hydrogen) atoms. The van der Waals surface area contributed by atoms with Gasteiger partial charge >= 0.3 is 0 Å². The summed E-state index contributed by atoms with van der Waals surface area (Å²) in [6, 6.07) is 7.13. The molecule has 0 fully saturated rings. The fourth-order valence-electron chi connectivity index (χ4n) is 2.46. The molecule has 2 rings (SSSR count). The third kappa shape index (κ3) is 1.93. The summed E-state index contributed by atoms with van der Waals surface area (Å²) in [6.45, 7) is 6.78. The lowest BCUT2D eigenvalue weighted by molar-refractivity contribution is 0.512. The van der Waals surface area contributed by atoms with Crippen LogP contribution in [0.25, 0.3) is 0 Å². The van der Waals surface area contributed by atoms with Gasteiger partial charge in [0.25, 0.3) is 0 Å². The molecule has 82 valence electrons. The lowest BCUT2D eigenvalue weighted by Crippen LogP contribution is -2.19. The van der Waals surface area contributed by atoms with Crippen molar-refractivity contribution in [1.29, 1.82) is 0 Å². The highest BCUT2D eigenvalue weighted by Crippen LogP contribution is 2.37. The van der Waals surface area contributed by atoms with E-state index in [4.69, 9.17) is 5.73 Å². The lowest BCUT2D eigenvalue weighted by atomic mass is 9.80. The second kappa shape index (κ2) is 3.97. The van der Waals surface area contributed by atoms with Crippen LogP contribution in [0.15, 0.2) is 18.2 Å². The third-order valence-corrected chi connectivity index (χ3v) is 3.62. The number of rotatable bonds is 1. The Morgan fingerprint density at radius 2 is 1.93 bits per heavy atom. The first-order valence-corrected chi connectivity index (χ1v) is 5.99. The highest BCUT2D eigenvalue weighted by molar-refractivity contribution is 5.39. The van der Waals surface area contributed by atoms with Gasteiger partial charge in [0.1, 0.15) is 0 Å². The zero-order valence-electron chi connectivity index (χ0n) is 9.96. The largest absolute Gasteiger partial charge is 0.324 e. The minimum Gasteiger partial charge on any atom is -0.324 e. The normalized spacial score (nSPS) is 25.4. The van der Waals surface area contributed by atoms with Gasteiger partial charge in [-0.05, 0) is 41.4 Å². The molecule has 1 aromatic carbocycles. The van der Waals surface area contributed by atoms with Gasteiger partial charge in [-0.2, -0.15) is 0 Å². The van der Waals surface area contributed by atoms with Crippen LogP contribution >= 0.6 is 0 Å². The molecule has 1 aliphatic rings. The van der Waals surface area contributed by atoms with Gasteiger partial charge in [0.15, 0.2) is 0 Å². The van der Waals surface area contributed by atoms with Crippen LogP contribution < -0.4 is 5.73 Å². The third-order valence-electron chi connectivity index (χ3n) is 3.62. The van der Waals surface area contributed by atoms with E-state index < -0.39 is 0 Å². The van der Waals surface area contributed by atoms with Crippen molar-refractivity contribution < 1.29 is 0 Å². The predicted molar refractivity (Wildman–Crippen MR) is 65.1 cm³/mol. The maximum Gasteiger partial charge on any atom is 0.0297 e. The van der Waals surface area contributed by atoms with Crippen molar-refractivity contribution in [1.82, 2.24) is 0 Å². The van der Waals surface area contributed by atoms with Gasteiger partial charge in [-0.3, -0.25) is 0 Å². The summed E-state index contributed by atoms with van der Waals surface area (Å²) in [5.74, 6) is 1.28. The molecule has 1 aromatic rings. The molecule has 0 heterocycles. The number of nitrogens with two attached hydrogens (primary N) is 1. The Morgan fingerprint density at radius 1 is 1.20 bits per heavy atom. The van der Waals surface area contributed by atoms with Gasteiger partial charge in [-0.25, -0.2) is 0 Å². The zero-order valence-corrected chi connectivity index (χ0v) is 9.96. The summed E-state index contributed by atoms with van der Waals surface area (Å²) < 4.78 is 0. The van der Waals surface area contributed by atoms with Gasteiger partial charge in [0.05, 0.1) is 0 Å². The number of hydrogen-bond acceptors (Lipinski definition) is 1. The summed E-state index contributed by atoms with van der Waals surface area (Å²) in [6.07, 6.45) is 2.37. The second-order valence-corrected chi connectivity index (χ2v) is 5.13. The van der Waals surface area contributed by atoms with Crippen molar-refractivity contribution in [2.24, 2.45) is 5.73 Å². The Balaban J connectivity index is 2.45. The highest BCUT2D eigenvalue weighted by Gasteiger charge is 2.22. The SMILES string of the molecule is CC(C)c1ccc2c(c1)[C@H](N)CCC2C. The summed E-state index contributed by atoms with van der Waals surface area (Å²) in [4.78, 5) is 0. The standard InChI is InChI=1S/C14H21N/c1-9(2)11-5-6-12-10(3)4-7-14(15)13(12)8-11/h5-6,8-10,14H,4,7,15H2,1-3H3/t10?,14-/m1/s1. The van der Waals surface area contributed by atoms with E-state index in [0.717, 1.165) is 6.42 Å². The molecule has 1 heteroatoms. The molecular weight excluding hydrogens is 182 g/mol. The average molecular weight is 203 g/mol. The van der Waals surface area contributed by atoms with Gasteiger partial charge < -0.3 is 5.73 Å². The van der Waals surface area contributed by atoms with E-state index in [-0.39, 0.29) is 6.04 Å². The monoisotopic (exact) mass is 203 g/mol. The molecule has 1 nitrogen and oxygen atoms in total. The van der Waals surface area contributed by atoms with E-state index in [1.54, 1.807) is 0 Å². The van der Waals surface area contributed by atoms with Crippen LogP contribution in [0.3, 0.4) is 0 Å². The molecule has 0 aliphatic heterocycles. The average Bonchev–Trinajstić information content (AvgIpc) is 2.23. The molecule has 2 atom stereocenters. The lowest BCUT2D eigenvalue weighted by Gasteiger charge is -2.28. The molecule has 0 aromatic heterocycles. The summed E-state index contributed by atoms with van der Waals surface area (Å²) in [5.41, 5.74) is 10.5. The quantitative estimate of drug-likeness (QED) is 0.740. The Hall–Kier alpha value is -0.820. The van der Waals surface area contributed by atoms with Crippen molar-refractivity contribution >= 4 is 0 Å². The van der Waals surface area contributed by atoms with E-state index in [0.29, 0.717) is 11.8 Å². The summed E-state index contributed by atoms with van der Waals surface area (Å²) in [5, 5.41) is 0. The molecule has 1 unspecified atom stereocenters. The van der Waals surface area contributed by atoms with E-state index >= 15 is 0 Å². The Bertz CT molecular complexity index is 354. The van der Waals surface area contributed by atoms with Gasteiger partial charge in [0.2, 0.25) is 0 Å². The van der Waals surface area contributed by atoms with Crippen LogP contribution in [-0.4, -0.2) is 0 Å². The molecule has 1 aliphatic carbocycles. The van der Waals surface area contributed by atoms with Crippen LogP contribution in [0, 0.1) is 0 Å². The topological polar surface area (TPSA) is 26.0 Å². The van der Waals surface area contributed by atoms with Crippen LogP contribution in [-0.2, 0) is 0 Å². The molecular formula is C14H21N. The zero-order chi connectivity index (χ0) is 11.0. The van der Waals surface area contributed by atoms with Gasteiger partial charge in [0, 0.05) is 6.04 Å². The van der Waals surface area contributed by atoms with Crippen LogP contribution in [0.1, 0.15) is 68.2 Å². The van der Waals surface area contributed by atoms with Crippen LogP contribution in [0.5, 0.6) is 0 Å². The fourth-order valence-corrected chi connectivity index (χ4v) is 2.46. The molecule has 2 N–H and O–H groups in total. The molecule has 0 spiro atoms. The van der Waals surface area contributed by atoms with Crippen LogP contribution in [0.2, 0.25) is 0 Å². The van der Waals surface area contributed by atoms with Crippen molar-refractivity contribution in [3.05, 3.63) is 34.9 Å². The van der Waals surface area contributed by atoms with Crippen molar-refractivity contribution in [3.8, 4) is 0 Å². The smallest absolute Gasteiger partial charge is 0.0297 e.